The Labute approximate surface area is 149 Å². The second kappa shape index (κ2) is 8.34. The van der Waals surface area contributed by atoms with Crippen molar-refractivity contribution in [1.29, 1.82) is 0 Å². The Kier molecular flexibility index (Phi) is 6.19. The maximum atomic E-state index is 12.2. The number of anilines is 2. The first-order valence-corrected chi connectivity index (χ1v) is 8.00. The third-order valence-electron chi connectivity index (χ3n) is 3.32. The summed E-state index contributed by atoms with van der Waals surface area (Å²) in [5, 5.41) is 5.59. The lowest BCUT2D eigenvalue weighted by Crippen LogP contribution is -2.22. The molecule has 3 N–H and O–H groups in total. The zero-order valence-corrected chi connectivity index (χ0v) is 14.6. The molecule has 0 aliphatic heterocycles. The first-order chi connectivity index (χ1) is 11.9. The molecular weight excluding hydrogens is 346 g/mol. The lowest BCUT2D eigenvalue weighted by molar-refractivity contribution is -0.116. The van der Waals surface area contributed by atoms with E-state index in [1.807, 2.05) is 6.92 Å². The highest BCUT2D eigenvalue weighted by Crippen LogP contribution is 2.28. The molecule has 1 aromatic heterocycles. The van der Waals surface area contributed by atoms with Crippen molar-refractivity contribution in [3.05, 3.63) is 51.4 Å². The summed E-state index contributed by atoms with van der Waals surface area (Å²) in [5.74, 6) is -0.334. The van der Waals surface area contributed by atoms with E-state index in [9.17, 15) is 14.4 Å². The highest BCUT2D eigenvalue weighted by atomic mass is 35.5. The van der Waals surface area contributed by atoms with Gasteiger partial charge < -0.3 is 20.4 Å². The minimum Gasteiger partial charge on any atom is -0.494 e. The average molecular weight is 364 g/mol. The van der Waals surface area contributed by atoms with E-state index in [2.05, 4.69) is 15.6 Å². The van der Waals surface area contributed by atoms with Gasteiger partial charge in [-0.3, -0.25) is 14.4 Å². The maximum absolute atomic E-state index is 12.2. The van der Waals surface area contributed by atoms with E-state index in [1.165, 1.54) is 19.4 Å². The second-order valence-corrected chi connectivity index (χ2v) is 5.66. The van der Waals surface area contributed by atoms with Gasteiger partial charge in [0, 0.05) is 24.4 Å². The lowest BCUT2D eigenvalue weighted by atomic mass is 10.2. The van der Waals surface area contributed by atoms with Crippen LogP contribution in [0, 0.1) is 0 Å². The number of H-pyrrole nitrogens is 1. The first-order valence-electron chi connectivity index (χ1n) is 7.62. The molecule has 25 heavy (non-hydrogen) atoms. The molecule has 8 heteroatoms. The van der Waals surface area contributed by atoms with Gasteiger partial charge in [-0.1, -0.05) is 18.5 Å². The van der Waals surface area contributed by atoms with Gasteiger partial charge in [0.1, 0.15) is 11.3 Å². The standard InChI is InChI=1S/C17H18ClN3O4/c1-3-4-15(22)21-13-6-5-11(8-14(13)25-2)20-17(24)12-7-10(18)9-19-16(12)23/h5-9H,3-4H2,1-2H3,(H,19,23)(H,20,24)(H,21,22). The first kappa shape index (κ1) is 18.5. The van der Waals surface area contributed by atoms with Gasteiger partial charge in [-0.25, -0.2) is 0 Å². The number of aromatic nitrogens is 1. The van der Waals surface area contributed by atoms with Gasteiger partial charge >= 0.3 is 0 Å². The number of benzene rings is 1. The van der Waals surface area contributed by atoms with Gasteiger partial charge in [0.2, 0.25) is 5.91 Å². The zero-order valence-electron chi connectivity index (χ0n) is 13.8. The largest absolute Gasteiger partial charge is 0.494 e. The minimum absolute atomic E-state index is 0.105. The lowest BCUT2D eigenvalue weighted by Gasteiger charge is -2.12. The molecule has 0 saturated heterocycles. The summed E-state index contributed by atoms with van der Waals surface area (Å²) < 4.78 is 5.24. The third-order valence-corrected chi connectivity index (χ3v) is 3.54. The molecule has 0 aliphatic rings. The van der Waals surface area contributed by atoms with E-state index in [0.29, 0.717) is 23.5 Å². The van der Waals surface area contributed by atoms with Gasteiger partial charge in [0.05, 0.1) is 17.8 Å². The number of halogens is 1. The number of amides is 2. The van der Waals surface area contributed by atoms with Crippen LogP contribution >= 0.6 is 11.6 Å². The van der Waals surface area contributed by atoms with Crippen LogP contribution in [-0.4, -0.2) is 23.9 Å². The number of ether oxygens (including phenoxy) is 1. The van der Waals surface area contributed by atoms with E-state index in [4.69, 9.17) is 16.3 Å². The normalized spacial score (nSPS) is 10.2. The summed E-state index contributed by atoms with van der Waals surface area (Å²) in [4.78, 5) is 38.0. The van der Waals surface area contributed by atoms with Crippen molar-refractivity contribution in [3.8, 4) is 5.75 Å². The summed E-state index contributed by atoms with van der Waals surface area (Å²) in [6.07, 6.45) is 2.44. The molecule has 0 bridgehead atoms. The Morgan fingerprint density at radius 3 is 2.68 bits per heavy atom. The van der Waals surface area contributed by atoms with Crippen molar-refractivity contribution in [2.75, 3.05) is 17.7 Å². The fourth-order valence-corrected chi connectivity index (χ4v) is 2.30. The number of hydrogen-bond acceptors (Lipinski definition) is 4. The number of aromatic amines is 1. The highest BCUT2D eigenvalue weighted by molar-refractivity contribution is 6.30. The SMILES string of the molecule is CCCC(=O)Nc1ccc(NC(=O)c2cc(Cl)c[nH]c2=O)cc1OC. The minimum atomic E-state index is -0.603. The summed E-state index contributed by atoms with van der Waals surface area (Å²) >= 11 is 5.80. The summed E-state index contributed by atoms with van der Waals surface area (Å²) in [7, 11) is 1.46. The summed E-state index contributed by atoms with van der Waals surface area (Å²) in [6, 6.07) is 6.05. The molecule has 0 atom stereocenters. The smallest absolute Gasteiger partial charge is 0.261 e. The fourth-order valence-electron chi connectivity index (χ4n) is 2.14. The van der Waals surface area contributed by atoms with Gasteiger partial charge in [-0.2, -0.15) is 0 Å². The summed E-state index contributed by atoms with van der Waals surface area (Å²) in [5.41, 5.74) is 0.262. The van der Waals surface area contributed by atoms with Crippen LogP contribution in [0.4, 0.5) is 11.4 Å². The molecule has 2 rings (SSSR count). The molecule has 0 fully saturated rings. The van der Waals surface area contributed by atoms with Crippen molar-refractivity contribution in [2.45, 2.75) is 19.8 Å². The molecule has 2 amide bonds. The maximum Gasteiger partial charge on any atom is 0.261 e. The summed E-state index contributed by atoms with van der Waals surface area (Å²) in [6.45, 7) is 1.91. The Hall–Kier alpha value is -2.80. The van der Waals surface area contributed by atoms with Crippen molar-refractivity contribution in [1.82, 2.24) is 4.98 Å². The van der Waals surface area contributed by atoms with Gasteiger partial charge in [0.15, 0.2) is 0 Å². The molecule has 0 spiro atoms. The van der Waals surface area contributed by atoms with Crippen molar-refractivity contribution in [3.63, 3.8) is 0 Å². The van der Waals surface area contributed by atoms with Crippen LogP contribution in [0.5, 0.6) is 5.75 Å². The predicted octanol–water partition coefficient (Wildman–Crippen LogP) is 3.03. The molecule has 0 radical (unpaired) electrons. The van der Waals surface area contributed by atoms with Gasteiger partial charge in [-0.15, -0.1) is 0 Å². The highest BCUT2D eigenvalue weighted by Gasteiger charge is 2.13. The van der Waals surface area contributed by atoms with Crippen molar-refractivity contribution < 1.29 is 14.3 Å². The van der Waals surface area contributed by atoms with Crippen molar-refractivity contribution in [2.24, 2.45) is 0 Å². The molecule has 2 aromatic rings. The number of nitrogens with one attached hydrogen (secondary N) is 3. The number of carbonyl (C=O) groups excluding carboxylic acids is 2. The molecule has 1 aromatic carbocycles. The zero-order chi connectivity index (χ0) is 18.4. The monoisotopic (exact) mass is 363 g/mol. The number of methoxy groups -OCH3 is 1. The van der Waals surface area contributed by atoms with E-state index >= 15 is 0 Å². The van der Waals surface area contributed by atoms with Crippen LogP contribution in [0.1, 0.15) is 30.1 Å². The van der Waals surface area contributed by atoms with E-state index in [0.717, 1.165) is 6.42 Å². The number of hydrogen-bond donors (Lipinski definition) is 3. The van der Waals surface area contributed by atoms with Crippen LogP contribution in [0.3, 0.4) is 0 Å². The quantitative estimate of drug-likeness (QED) is 0.734. The van der Waals surface area contributed by atoms with Crippen molar-refractivity contribution >= 4 is 34.8 Å². The fraction of sp³-hybridized carbons (Fsp3) is 0.235. The van der Waals surface area contributed by atoms with Crippen LogP contribution in [-0.2, 0) is 4.79 Å². The third kappa shape index (κ3) is 4.84. The number of carbonyl (C=O) groups is 2. The van der Waals surface area contributed by atoms with E-state index < -0.39 is 11.5 Å². The number of rotatable bonds is 6. The molecular formula is C17H18ClN3O4. The number of pyridine rings is 1. The second-order valence-electron chi connectivity index (χ2n) is 5.23. The van der Waals surface area contributed by atoms with Gasteiger partial charge in [-0.05, 0) is 24.6 Å². The van der Waals surface area contributed by atoms with E-state index in [1.54, 1.807) is 18.2 Å². The molecule has 0 unspecified atom stereocenters. The topological polar surface area (TPSA) is 100 Å². The Balaban J connectivity index is 2.20. The Morgan fingerprint density at radius 2 is 2.00 bits per heavy atom. The van der Waals surface area contributed by atoms with Crippen LogP contribution in [0.25, 0.3) is 0 Å². The molecule has 0 saturated carbocycles. The Morgan fingerprint density at radius 1 is 1.24 bits per heavy atom. The van der Waals surface area contributed by atoms with Crippen LogP contribution < -0.4 is 20.9 Å². The van der Waals surface area contributed by atoms with Gasteiger partial charge in [0.25, 0.3) is 11.5 Å². The van der Waals surface area contributed by atoms with Crippen LogP contribution in [0.15, 0.2) is 35.3 Å². The molecule has 132 valence electrons. The molecule has 7 nitrogen and oxygen atoms in total. The Bertz CT molecular complexity index is 848. The predicted molar refractivity (Wildman–Crippen MR) is 96.6 cm³/mol. The van der Waals surface area contributed by atoms with Crippen LogP contribution in [0.2, 0.25) is 5.02 Å². The average Bonchev–Trinajstić information content (AvgIpc) is 2.58. The molecule has 1 heterocycles. The molecule has 0 aliphatic carbocycles. The van der Waals surface area contributed by atoms with E-state index in [-0.39, 0.29) is 16.5 Å².